The van der Waals surface area contributed by atoms with Gasteiger partial charge < -0.3 is 15.0 Å². The number of hydrogen-bond donors (Lipinski definition) is 1. The van der Waals surface area contributed by atoms with Crippen LogP contribution in [0.5, 0.6) is 5.75 Å². The van der Waals surface area contributed by atoms with Crippen LogP contribution < -0.4 is 10.5 Å². The van der Waals surface area contributed by atoms with Crippen LogP contribution in [0, 0.1) is 5.82 Å². The molecular formula is C15H15FN2O3. The van der Waals surface area contributed by atoms with Crippen LogP contribution in [0.2, 0.25) is 0 Å². The average molecular weight is 290 g/mol. The van der Waals surface area contributed by atoms with Gasteiger partial charge in [-0.05, 0) is 37.5 Å². The summed E-state index contributed by atoms with van der Waals surface area (Å²) in [5, 5.41) is 3.99. The zero-order valence-corrected chi connectivity index (χ0v) is 11.4. The molecule has 0 aliphatic heterocycles. The van der Waals surface area contributed by atoms with Gasteiger partial charge in [-0.3, -0.25) is 4.79 Å². The van der Waals surface area contributed by atoms with Crippen LogP contribution in [-0.2, 0) is 19.4 Å². The molecule has 3 rings (SSSR count). The third-order valence-electron chi connectivity index (χ3n) is 3.61. The van der Waals surface area contributed by atoms with Gasteiger partial charge in [-0.25, -0.2) is 4.39 Å². The summed E-state index contributed by atoms with van der Waals surface area (Å²) < 4.78 is 24.5. The highest BCUT2D eigenvalue weighted by Crippen LogP contribution is 2.26. The van der Waals surface area contributed by atoms with Gasteiger partial charge in [0, 0.05) is 17.5 Å². The summed E-state index contributed by atoms with van der Waals surface area (Å²) in [6.07, 6.45) is 4.01. The molecule has 0 unspecified atom stereocenters. The Bertz CT molecular complexity index is 682. The van der Waals surface area contributed by atoms with E-state index in [4.69, 9.17) is 15.0 Å². The number of nitrogens with zero attached hydrogens (tertiary/aromatic N) is 1. The van der Waals surface area contributed by atoms with Crippen molar-refractivity contribution in [3.8, 4) is 5.75 Å². The highest BCUT2D eigenvalue weighted by molar-refractivity contribution is 5.92. The lowest BCUT2D eigenvalue weighted by Crippen LogP contribution is -2.11. The second-order valence-electron chi connectivity index (χ2n) is 5.04. The average Bonchev–Trinajstić information content (AvgIpc) is 2.89. The number of aryl methyl sites for hydroxylation is 1. The molecular weight excluding hydrogens is 275 g/mol. The van der Waals surface area contributed by atoms with Crippen LogP contribution in [0.3, 0.4) is 0 Å². The maximum Gasteiger partial charge on any atom is 0.248 e. The van der Waals surface area contributed by atoms with Crippen molar-refractivity contribution in [1.82, 2.24) is 5.16 Å². The van der Waals surface area contributed by atoms with Crippen molar-refractivity contribution in [1.29, 1.82) is 0 Å². The predicted molar refractivity (Wildman–Crippen MR) is 72.4 cm³/mol. The summed E-state index contributed by atoms with van der Waals surface area (Å²) in [7, 11) is 0. The van der Waals surface area contributed by atoms with E-state index >= 15 is 0 Å². The summed E-state index contributed by atoms with van der Waals surface area (Å²) in [5.41, 5.74) is 6.99. The molecule has 0 saturated heterocycles. The van der Waals surface area contributed by atoms with Gasteiger partial charge in [0.1, 0.15) is 18.1 Å². The van der Waals surface area contributed by atoms with Crippen LogP contribution in [0.4, 0.5) is 4.39 Å². The second kappa shape index (κ2) is 5.55. The van der Waals surface area contributed by atoms with E-state index in [2.05, 4.69) is 5.16 Å². The lowest BCUT2D eigenvalue weighted by atomic mass is 9.97. The molecule has 1 amide bonds. The highest BCUT2D eigenvalue weighted by atomic mass is 19.1. The number of amides is 1. The lowest BCUT2D eigenvalue weighted by molar-refractivity contribution is 0.0999. The summed E-state index contributed by atoms with van der Waals surface area (Å²) in [4.78, 5) is 11.0. The Hall–Kier alpha value is -2.37. The fraction of sp³-hybridized carbons (Fsp3) is 0.333. The van der Waals surface area contributed by atoms with E-state index < -0.39 is 11.7 Å². The van der Waals surface area contributed by atoms with Crippen LogP contribution in [0.1, 0.15) is 40.2 Å². The molecule has 0 saturated carbocycles. The van der Waals surface area contributed by atoms with Gasteiger partial charge in [0.05, 0.1) is 0 Å². The molecule has 2 aromatic rings. The molecule has 110 valence electrons. The molecule has 1 aliphatic rings. The topological polar surface area (TPSA) is 78.4 Å². The maximum absolute atomic E-state index is 13.8. The first-order chi connectivity index (χ1) is 10.1. The molecule has 21 heavy (non-hydrogen) atoms. The molecule has 0 spiro atoms. The van der Waals surface area contributed by atoms with E-state index in [9.17, 15) is 9.18 Å². The molecule has 6 heteroatoms. The molecule has 1 aromatic heterocycles. The predicted octanol–water partition coefficient (Wildman–Crippen LogP) is 2.37. The smallest absolute Gasteiger partial charge is 0.248 e. The first-order valence-corrected chi connectivity index (χ1v) is 6.83. The van der Waals surface area contributed by atoms with Gasteiger partial charge in [-0.1, -0.05) is 5.16 Å². The minimum atomic E-state index is -0.675. The number of primary amides is 1. The first-order valence-electron chi connectivity index (χ1n) is 6.83. The summed E-state index contributed by atoms with van der Waals surface area (Å²) in [6, 6.07) is 3.89. The van der Waals surface area contributed by atoms with Crippen molar-refractivity contribution < 1.29 is 18.4 Å². The molecule has 0 radical (unpaired) electrons. The first kappa shape index (κ1) is 13.6. The van der Waals surface area contributed by atoms with Crippen molar-refractivity contribution in [2.75, 3.05) is 0 Å². The zero-order chi connectivity index (χ0) is 14.8. The Labute approximate surface area is 120 Å². The molecule has 1 aromatic carbocycles. The minimum absolute atomic E-state index is 0.0626. The van der Waals surface area contributed by atoms with Gasteiger partial charge in [0.15, 0.2) is 11.6 Å². The van der Waals surface area contributed by atoms with E-state index in [1.54, 1.807) is 0 Å². The number of halogens is 1. The Morgan fingerprint density at radius 1 is 1.38 bits per heavy atom. The van der Waals surface area contributed by atoms with E-state index in [1.165, 1.54) is 12.1 Å². The summed E-state index contributed by atoms with van der Waals surface area (Å²) >= 11 is 0. The fourth-order valence-corrected chi connectivity index (χ4v) is 2.48. The highest BCUT2D eigenvalue weighted by Gasteiger charge is 2.20. The zero-order valence-electron chi connectivity index (χ0n) is 11.4. The number of fused-ring (bicyclic) bond motifs is 1. The van der Waals surface area contributed by atoms with Crippen LogP contribution in [-0.4, -0.2) is 11.1 Å². The van der Waals surface area contributed by atoms with Gasteiger partial charge in [0.25, 0.3) is 0 Å². The van der Waals surface area contributed by atoms with E-state index in [-0.39, 0.29) is 17.9 Å². The van der Waals surface area contributed by atoms with Gasteiger partial charge >= 0.3 is 0 Å². The SMILES string of the molecule is NC(=O)c1ccc(OCc2noc3c2CCCC3)c(F)c1. The van der Waals surface area contributed by atoms with Gasteiger partial charge in [-0.2, -0.15) is 0 Å². The third-order valence-corrected chi connectivity index (χ3v) is 3.61. The van der Waals surface area contributed by atoms with Crippen molar-refractivity contribution in [3.63, 3.8) is 0 Å². The minimum Gasteiger partial charge on any atom is -0.484 e. The van der Waals surface area contributed by atoms with Crippen LogP contribution >= 0.6 is 0 Å². The van der Waals surface area contributed by atoms with Crippen molar-refractivity contribution in [2.45, 2.75) is 32.3 Å². The maximum atomic E-state index is 13.8. The van der Waals surface area contributed by atoms with Crippen LogP contribution in [0.15, 0.2) is 22.7 Å². The molecule has 1 heterocycles. The fourth-order valence-electron chi connectivity index (χ4n) is 2.48. The molecule has 0 atom stereocenters. The molecule has 1 aliphatic carbocycles. The number of nitrogens with two attached hydrogens (primary N) is 1. The molecule has 2 N–H and O–H groups in total. The number of hydrogen-bond acceptors (Lipinski definition) is 4. The van der Waals surface area contributed by atoms with E-state index in [0.717, 1.165) is 43.1 Å². The standard InChI is InChI=1S/C15H15FN2O3/c16-11-7-9(15(17)19)5-6-14(11)20-8-12-10-3-1-2-4-13(10)21-18-12/h5-7H,1-4,8H2,(H2,17,19). The number of ether oxygens (including phenoxy) is 1. The Morgan fingerprint density at radius 2 is 2.19 bits per heavy atom. The Kier molecular flexibility index (Phi) is 3.60. The normalized spacial score (nSPS) is 13.8. The summed E-state index contributed by atoms with van der Waals surface area (Å²) in [5.74, 6) is -0.327. The van der Waals surface area contributed by atoms with Gasteiger partial charge in [-0.15, -0.1) is 0 Å². The van der Waals surface area contributed by atoms with E-state index in [1.807, 2.05) is 0 Å². The number of carbonyl (C=O) groups is 1. The van der Waals surface area contributed by atoms with Crippen molar-refractivity contribution >= 4 is 5.91 Å². The van der Waals surface area contributed by atoms with Crippen molar-refractivity contribution in [3.05, 3.63) is 46.6 Å². The molecule has 5 nitrogen and oxygen atoms in total. The van der Waals surface area contributed by atoms with Crippen LogP contribution in [0.25, 0.3) is 0 Å². The summed E-state index contributed by atoms with van der Waals surface area (Å²) in [6.45, 7) is 0.145. The largest absolute Gasteiger partial charge is 0.484 e. The Balaban J connectivity index is 1.73. The van der Waals surface area contributed by atoms with Gasteiger partial charge in [0.2, 0.25) is 5.91 Å². The lowest BCUT2D eigenvalue weighted by Gasteiger charge is -2.10. The molecule has 0 fully saturated rings. The third kappa shape index (κ3) is 2.74. The second-order valence-corrected chi connectivity index (χ2v) is 5.04. The number of benzene rings is 1. The number of aromatic nitrogens is 1. The number of carbonyl (C=O) groups excluding carboxylic acids is 1. The molecule has 0 bridgehead atoms. The Morgan fingerprint density at radius 3 is 2.95 bits per heavy atom. The number of rotatable bonds is 4. The van der Waals surface area contributed by atoms with E-state index in [0.29, 0.717) is 5.69 Å². The quantitative estimate of drug-likeness (QED) is 0.937. The van der Waals surface area contributed by atoms with Crippen molar-refractivity contribution in [2.24, 2.45) is 5.73 Å². The monoisotopic (exact) mass is 290 g/mol.